The van der Waals surface area contributed by atoms with Crippen molar-refractivity contribution in [1.29, 1.82) is 0 Å². The van der Waals surface area contributed by atoms with Crippen molar-refractivity contribution in [2.24, 2.45) is 16.7 Å². The predicted octanol–water partition coefficient (Wildman–Crippen LogP) is 3.40. The molecule has 4 N–H and O–H groups in total. The molecule has 1 amide bonds. The summed E-state index contributed by atoms with van der Waals surface area (Å²) in [5.41, 5.74) is 2.45. The summed E-state index contributed by atoms with van der Waals surface area (Å²) in [5.74, 6) is 3.09. The van der Waals surface area contributed by atoms with E-state index in [1.54, 1.807) is 0 Å². The van der Waals surface area contributed by atoms with Gasteiger partial charge in [-0.05, 0) is 36.5 Å². The van der Waals surface area contributed by atoms with Gasteiger partial charge in [0.2, 0.25) is 5.89 Å². The zero-order valence-corrected chi connectivity index (χ0v) is 16.6. The predicted molar refractivity (Wildman–Crippen MR) is 99.8 cm³/mol. The van der Waals surface area contributed by atoms with Crippen LogP contribution in [0.1, 0.15) is 101 Å². The minimum Gasteiger partial charge on any atom is -0.481 e. The maximum absolute atomic E-state index is 11.5. The van der Waals surface area contributed by atoms with E-state index in [0.29, 0.717) is 11.8 Å². The molecule has 1 unspecified atom stereocenters. The first-order valence-corrected chi connectivity index (χ1v) is 9.75. The molecule has 8 nitrogen and oxygen atoms in total. The number of hydrazine groups is 1. The molecule has 152 valence electrons. The molecule has 0 radical (unpaired) electrons. The number of rotatable bonds is 8. The van der Waals surface area contributed by atoms with Crippen LogP contribution in [0.25, 0.3) is 0 Å². The number of carbonyl (C=O) groups excluding carboxylic acids is 1. The van der Waals surface area contributed by atoms with E-state index >= 15 is 0 Å². The summed E-state index contributed by atoms with van der Waals surface area (Å²) in [6, 6.07) is 0. The molecule has 27 heavy (non-hydrogen) atoms. The maximum atomic E-state index is 11.5. The first kappa shape index (κ1) is 21.3. The van der Waals surface area contributed by atoms with Gasteiger partial charge in [-0.3, -0.25) is 15.0 Å². The summed E-state index contributed by atoms with van der Waals surface area (Å²) in [4.78, 5) is 26.8. The molecule has 0 spiro atoms. The number of aliphatic carboxylic acids is 1. The number of carboxylic acid groups (broad SMARTS) is 1. The number of carboxylic acids is 1. The number of aromatic nitrogens is 2. The molecule has 1 atom stereocenters. The first-order chi connectivity index (χ1) is 12.7. The summed E-state index contributed by atoms with van der Waals surface area (Å²) in [7, 11) is 0. The van der Waals surface area contributed by atoms with Crippen molar-refractivity contribution in [1.82, 2.24) is 15.6 Å². The van der Waals surface area contributed by atoms with Crippen LogP contribution in [0.3, 0.4) is 0 Å². The van der Waals surface area contributed by atoms with Crippen molar-refractivity contribution < 1.29 is 19.2 Å². The standard InChI is InChI=1S/C19H32N4O4/c1-18(2,3)19(9-5-4-6-10-19)11-7-8-13(12-14(24)25)17-21-15(23-27-17)16(26)22-20/h13H,4-12,20H2,1-3H3,(H,22,26)(H,24,25). The monoisotopic (exact) mass is 380 g/mol. The molecule has 1 aromatic heterocycles. The van der Waals surface area contributed by atoms with Gasteiger partial charge < -0.3 is 9.63 Å². The van der Waals surface area contributed by atoms with Crippen molar-refractivity contribution in [3.05, 3.63) is 11.7 Å². The number of nitrogens with zero attached hydrogens (tertiary/aromatic N) is 2. The molecule has 0 bridgehead atoms. The molecule has 1 saturated carbocycles. The average Bonchev–Trinajstić information content (AvgIpc) is 3.10. The highest BCUT2D eigenvalue weighted by atomic mass is 16.5. The third-order valence-corrected chi connectivity index (χ3v) is 6.16. The first-order valence-electron chi connectivity index (χ1n) is 9.75. The summed E-state index contributed by atoms with van der Waals surface area (Å²) in [6.07, 6.45) is 8.74. The Morgan fingerprint density at radius 2 is 1.96 bits per heavy atom. The van der Waals surface area contributed by atoms with Gasteiger partial charge in [0.25, 0.3) is 5.82 Å². The van der Waals surface area contributed by atoms with Gasteiger partial charge in [0.15, 0.2) is 0 Å². The van der Waals surface area contributed by atoms with E-state index in [4.69, 9.17) is 10.4 Å². The van der Waals surface area contributed by atoms with Crippen molar-refractivity contribution in [3.63, 3.8) is 0 Å². The van der Waals surface area contributed by atoms with Crippen molar-refractivity contribution in [2.45, 2.75) is 84.5 Å². The fraction of sp³-hybridized carbons (Fsp3) is 0.789. The average molecular weight is 380 g/mol. The molecule has 8 heteroatoms. The van der Waals surface area contributed by atoms with E-state index in [1.165, 1.54) is 32.1 Å². The van der Waals surface area contributed by atoms with E-state index in [0.717, 1.165) is 12.8 Å². The molecular formula is C19H32N4O4. The third kappa shape index (κ3) is 5.28. The summed E-state index contributed by atoms with van der Waals surface area (Å²) in [6.45, 7) is 6.92. The van der Waals surface area contributed by atoms with Gasteiger partial charge in [-0.1, -0.05) is 51.6 Å². The Kier molecular flexibility index (Phi) is 6.97. The molecule has 1 aromatic rings. The minimum atomic E-state index is -0.925. The highest BCUT2D eigenvalue weighted by Gasteiger charge is 2.42. The summed E-state index contributed by atoms with van der Waals surface area (Å²) < 4.78 is 5.14. The number of hydrogen-bond donors (Lipinski definition) is 3. The van der Waals surface area contributed by atoms with Gasteiger partial charge in [0.1, 0.15) is 0 Å². The van der Waals surface area contributed by atoms with Crippen LogP contribution in [0.2, 0.25) is 0 Å². The second kappa shape index (κ2) is 8.82. The zero-order valence-electron chi connectivity index (χ0n) is 16.6. The SMILES string of the molecule is CC(C)(C)C1(CCCC(CC(=O)O)c2nc(C(=O)NN)no2)CCCCC1. The molecule has 0 aromatic carbocycles. The number of hydrogen-bond acceptors (Lipinski definition) is 6. The Bertz CT molecular complexity index is 644. The lowest BCUT2D eigenvalue weighted by Gasteiger charge is -2.48. The molecule has 1 aliphatic carbocycles. The molecule has 0 saturated heterocycles. The van der Waals surface area contributed by atoms with Gasteiger partial charge in [0, 0.05) is 5.92 Å². The molecule has 0 aliphatic heterocycles. The largest absolute Gasteiger partial charge is 0.481 e. The second-order valence-corrected chi connectivity index (χ2v) is 8.71. The number of carbonyl (C=O) groups is 2. The van der Waals surface area contributed by atoms with E-state index in [1.807, 2.05) is 5.43 Å². The Morgan fingerprint density at radius 3 is 2.52 bits per heavy atom. The van der Waals surface area contributed by atoms with Gasteiger partial charge in [-0.25, -0.2) is 5.84 Å². The highest BCUT2D eigenvalue weighted by Crippen LogP contribution is 2.53. The fourth-order valence-corrected chi connectivity index (χ4v) is 4.37. The second-order valence-electron chi connectivity index (χ2n) is 8.71. The van der Waals surface area contributed by atoms with Crippen LogP contribution in [0.5, 0.6) is 0 Å². The quantitative estimate of drug-likeness (QED) is 0.358. The zero-order chi connectivity index (χ0) is 20.1. The number of amides is 1. The van der Waals surface area contributed by atoms with Gasteiger partial charge in [-0.15, -0.1) is 0 Å². The highest BCUT2D eigenvalue weighted by molar-refractivity contribution is 5.89. The van der Waals surface area contributed by atoms with E-state index in [2.05, 4.69) is 30.9 Å². The van der Waals surface area contributed by atoms with Crippen LogP contribution >= 0.6 is 0 Å². The van der Waals surface area contributed by atoms with Crippen LogP contribution in [-0.4, -0.2) is 27.1 Å². The lowest BCUT2D eigenvalue weighted by Crippen LogP contribution is -2.37. The third-order valence-electron chi connectivity index (χ3n) is 6.16. The van der Waals surface area contributed by atoms with Gasteiger partial charge >= 0.3 is 11.9 Å². The van der Waals surface area contributed by atoms with Gasteiger partial charge in [0.05, 0.1) is 6.42 Å². The van der Waals surface area contributed by atoms with Crippen LogP contribution in [0.4, 0.5) is 0 Å². The van der Waals surface area contributed by atoms with Crippen LogP contribution in [0.15, 0.2) is 4.52 Å². The van der Waals surface area contributed by atoms with Crippen LogP contribution in [-0.2, 0) is 4.79 Å². The van der Waals surface area contributed by atoms with Crippen LogP contribution < -0.4 is 11.3 Å². The summed E-state index contributed by atoms with van der Waals surface area (Å²) >= 11 is 0. The number of nitrogens with one attached hydrogen (secondary N) is 1. The van der Waals surface area contributed by atoms with E-state index in [-0.39, 0.29) is 23.6 Å². The normalized spacial score (nSPS) is 18.1. The smallest absolute Gasteiger partial charge is 0.306 e. The van der Waals surface area contributed by atoms with Crippen molar-refractivity contribution in [3.8, 4) is 0 Å². The Labute approximate surface area is 160 Å². The molecule has 1 aliphatic rings. The molecule has 1 heterocycles. The minimum absolute atomic E-state index is 0.103. The summed E-state index contributed by atoms with van der Waals surface area (Å²) in [5, 5.41) is 12.8. The number of nitrogen functional groups attached to an aromatic ring is 1. The van der Waals surface area contributed by atoms with Gasteiger partial charge in [-0.2, -0.15) is 4.98 Å². The molecular weight excluding hydrogens is 348 g/mol. The Morgan fingerprint density at radius 1 is 1.30 bits per heavy atom. The Balaban J connectivity index is 2.06. The maximum Gasteiger partial charge on any atom is 0.306 e. The molecule has 1 fully saturated rings. The number of nitrogens with two attached hydrogens (primary N) is 1. The van der Waals surface area contributed by atoms with E-state index in [9.17, 15) is 14.7 Å². The molecule has 2 rings (SSSR count). The van der Waals surface area contributed by atoms with E-state index < -0.39 is 17.8 Å². The lowest BCUT2D eigenvalue weighted by atomic mass is 9.57. The van der Waals surface area contributed by atoms with Crippen molar-refractivity contribution in [2.75, 3.05) is 0 Å². The van der Waals surface area contributed by atoms with Crippen LogP contribution in [0, 0.1) is 10.8 Å². The topological polar surface area (TPSA) is 131 Å². The Hall–Kier alpha value is -1.96. The lowest BCUT2D eigenvalue weighted by molar-refractivity contribution is -0.137. The fourth-order valence-electron chi connectivity index (χ4n) is 4.37. The van der Waals surface area contributed by atoms with Crippen molar-refractivity contribution >= 4 is 11.9 Å².